The zero-order chi connectivity index (χ0) is 33.4. The van der Waals surface area contributed by atoms with Crippen molar-refractivity contribution in [3.05, 3.63) is 0 Å². The molecule has 0 amide bonds. The monoisotopic (exact) mass is 665 g/mol. The van der Waals surface area contributed by atoms with Gasteiger partial charge >= 0.3 is 0 Å². The van der Waals surface area contributed by atoms with Crippen LogP contribution in [0.3, 0.4) is 0 Å². The largest absolute Gasteiger partial charge is 0.415 e. The van der Waals surface area contributed by atoms with Crippen molar-refractivity contribution in [3.8, 4) is 0 Å². The van der Waals surface area contributed by atoms with Crippen LogP contribution in [0.1, 0.15) is 129 Å². The van der Waals surface area contributed by atoms with Crippen LogP contribution in [0.5, 0.6) is 0 Å². The second-order valence-electron chi connectivity index (χ2n) is 14.5. The number of carbonyl (C=O) groups excluding carboxylic acids is 1. The normalized spacial score (nSPS) is 13.7. The number of ether oxygens (including phenoxy) is 1. The third-order valence-electron chi connectivity index (χ3n) is 8.68. The topological polar surface area (TPSA) is 63.3 Å². The number of hydrogen-bond acceptors (Lipinski definition) is 8. The standard InChI is InChI=1S/C33H72N3O4PSSi/c1-16-33(17-2,25-40-43(14,15)32(11,12)13)34-22-20-18-19-21-31(37)42-24-23-38-26-39-41(35(27(3)4)28(5)6)36(29(7)8)30(9)10/h27-30,34H,16-26H2,1-15H3. The predicted octanol–water partition coefficient (Wildman–Crippen LogP) is 9.43. The van der Waals surface area contributed by atoms with Gasteiger partial charge in [0, 0.05) is 41.9 Å². The lowest BCUT2D eigenvalue weighted by molar-refractivity contribution is -0.111. The summed E-state index contributed by atoms with van der Waals surface area (Å²) in [5, 5.41) is 4.30. The predicted molar refractivity (Wildman–Crippen MR) is 193 cm³/mol. The summed E-state index contributed by atoms with van der Waals surface area (Å²) >= 11 is 1.39. The van der Waals surface area contributed by atoms with Crippen LogP contribution in [0.4, 0.5) is 0 Å². The molecule has 0 aliphatic rings. The van der Waals surface area contributed by atoms with E-state index in [9.17, 15) is 4.79 Å². The molecule has 0 heterocycles. The maximum absolute atomic E-state index is 12.4. The molecule has 43 heavy (non-hydrogen) atoms. The number of unbranched alkanes of at least 4 members (excludes halogenated alkanes) is 2. The SMILES string of the molecule is CCC(CC)(CO[Si](C)(C)C(C)(C)C)NCCCCCC(=O)SCCOCOP(N(C(C)C)C(C)C)N(C(C)C)C(C)C. The van der Waals surface area contributed by atoms with Gasteiger partial charge in [-0.25, -0.2) is 9.34 Å². The highest BCUT2D eigenvalue weighted by molar-refractivity contribution is 8.13. The summed E-state index contributed by atoms with van der Waals surface area (Å²) < 4.78 is 23.8. The van der Waals surface area contributed by atoms with E-state index in [0.717, 1.165) is 45.3 Å². The summed E-state index contributed by atoms with van der Waals surface area (Å²) in [7, 11) is -2.73. The Balaban J connectivity index is 4.44. The molecule has 10 heteroatoms. The van der Waals surface area contributed by atoms with Crippen LogP contribution in [-0.4, -0.2) is 84.8 Å². The highest BCUT2D eigenvalue weighted by Crippen LogP contribution is 2.50. The quantitative estimate of drug-likeness (QED) is 0.0474. The van der Waals surface area contributed by atoms with E-state index in [1.165, 1.54) is 11.8 Å². The van der Waals surface area contributed by atoms with E-state index in [4.69, 9.17) is 13.7 Å². The molecule has 0 radical (unpaired) electrons. The zero-order valence-electron chi connectivity index (χ0n) is 31.0. The van der Waals surface area contributed by atoms with Gasteiger partial charge in [-0.1, -0.05) is 52.8 Å². The maximum Gasteiger partial charge on any atom is 0.192 e. The van der Waals surface area contributed by atoms with Gasteiger partial charge in [-0.05, 0) is 106 Å². The van der Waals surface area contributed by atoms with Gasteiger partial charge < -0.3 is 19.0 Å². The first-order valence-electron chi connectivity index (χ1n) is 17.0. The van der Waals surface area contributed by atoms with Gasteiger partial charge in [-0.15, -0.1) is 0 Å². The van der Waals surface area contributed by atoms with E-state index in [1.807, 2.05) is 0 Å². The molecule has 1 N–H and O–H groups in total. The van der Waals surface area contributed by atoms with Crippen molar-refractivity contribution in [1.82, 2.24) is 14.7 Å². The highest BCUT2D eigenvalue weighted by atomic mass is 32.2. The fourth-order valence-corrected chi connectivity index (χ4v) is 8.92. The van der Waals surface area contributed by atoms with Crippen molar-refractivity contribution >= 4 is 33.6 Å². The van der Waals surface area contributed by atoms with Gasteiger partial charge in [0.2, 0.25) is 0 Å². The number of nitrogens with zero attached hydrogens (tertiary/aromatic N) is 2. The van der Waals surface area contributed by atoms with Crippen LogP contribution >= 0.6 is 20.2 Å². The summed E-state index contributed by atoms with van der Waals surface area (Å²) in [5.74, 6) is 0.668. The van der Waals surface area contributed by atoms with Gasteiger partial charge in [0.05, 0.1) is 13.2 Å². The Morgan fingerprint density at radius 2 is 1.37 bits per heavy atom. The number of nitrogens with one attached hydrogen (secondary N) is 1. The van der Waals surface area contributed by atoms with Crippen molar-refractivity contribution in [2.75, 3.05) is 32.3 Å². The molecule has 0 unspecified atom stereocenters. The van der Waals surface area contributed by atoms with Crippen LogP contribution < -0.4 is 5.32 Å². The van der Waals surface area contributed by atoms with Crippen LogP contribution in [0.15, 0.2) is 0 Å². The molecule has 0 rings (SSSR count). The Kier molecular flexibility index (Phi) is 21.5. The molecule has 0 fully saturated rings. The maximum atomic E-state index is 12.4. The molecule has 0 aliphatic carbocycles. The van der Waals surface area contributed by atoms with Crippen LogP contribution in [0.2, 0.25) is 18.1 Å². The van der Waals surface area contributed by atoms with Crippen LogP contribution in [-0.2, 0) is 18.5 Å². The molecule has 7 nitrogen and oxygen atoms in total. The van der Waals surface area contributed by atoms with Crippen molar-refractivity contribution in [2.45, 2.75) is 176 Å². The fraction of sp³-hybridized carbons (Fsp3) is 0.970. The first-order chi connectivity index (χ1) is 19.9. The molecule has 0 aromatic carbocycles. The van der Waals surface area contributed by atoms with E-state index in [0.29, 0.717) is 42.9 Å². The summed E-state index contributed by atoms with van der Waals surface area (Å²) in [4.78, 5) is 12.4. The number of thioether (sulfide) groups is 1. The fourth-order valence-electron chi connectivity index (χ4n) is 4.88. The molecular weight excluding hydrogens is 594 g/mol. The van der Waals surface area contributed by atoms with Gasteiger partial charge in [-0.3, -0.25) is 4.79 Å². The second-order valence-corrected chi connectivity index (χ2v) is 22.2. The molecule has 0 atom stereocenters. The Bertz CT molecular complexity index is 710. The minimum atomic E-state index is -1.77. The number of hydrogen-bond donors (Lipinski definition) is 1. The molecule has 0 saturated heterocycles. The molecule has 0 saturated carbocycles. The second kappa shape index (κ2) is 21.3. The summed E-state index contributed by atoms with van der Waals surface area (Å²) in [6.07, 6.45) is 5.82. The van der Waals surface area contributed by atoms with E-state index in [-0.39, 0.29) is 22.5 Å². The zero-order valence-corrected chi connectivity index (χ0v) is 33.7. The molecule has 0 aliphatic heterocycles. The average Bonchev–Trinajstić information content (AvgIpc) is 2.88. The van der Waals surface area contributed by atoms with Gasteiger partial charge in [0.15, 0.2) is 28.7 Å². The highest BCUT2D eigenvalue weighted by Gasteiger charge is 2.39. The van der Waals surface area contributed by atoms with Crippen molar-refractivity contribution < 1.29 is 18.5 Å². The third kappa shape index (κ3) is 16.2. The molecule has 258 valence electrons. The van der Waals surface area contributed by atoms with E-state index in [2.05, 4.69) is 118 Å². The Hall–Kier alpha value is 0.427. The molecular formula is C33H72N3O4PSSi. The Labute approximate surface area is 274 Å². The molecule has 0 bridgehead atoms. The minimum absolute atomic E-state index is 0.0375. The molecule has 0 spiro atoms. The van der Waals surface area contributed by atoms with Crippen LogP contribution in [0.25, 0.3) is 0 Å². The van der Waals surface area contributed by atoms with E-state index < -0.39 is 16.8 Å². The van der Waals surface area contributed by atoms with Gasteiger partial charge in [-0.2, -0.15) is 0 Å². The third-order valence-corrected chi connectivity index (χ3v) is 17.0. The summed E-state index contributed by atoms with van der Waals surface area (Å²) in [6.45, 7) is 36.4. The Morgan fingerprint density at radius 3 is 1.81 bits per heavy atom. The van der Waals surface area contributed by atoms with Crippen LogP contribution in [0, 0.1) is 0 Å². The van der Waals surface area contributed by atoms with Gasteiger partial charge in [0.1, 0.15) is 0 Å². The average molecular weight is 666 g/mol. The minimum Gasteiger partial charge on any atom is -0.415 e. The first kappa shape index (κ1) is 43.4. The van der Waals surface area contributed by atoms with E-state index >= 15 is 0 Å². The number of carbonyl (C=O) groups is 1. The number of rotatable bonds is 24. The van der Waals surface area contributed by atoms with Gasteiger partial charge in [0.25, 0.3) is 0 Å². The van der Waals surface area contributed by atoms with Crippen molar-refractivity contribution in [3.63, 3.8) is 0 Å². The lowest BCUT2D eigenvalue weighted by Crippen LogP contribution is -2.52. The summed E-state index contributed by atoms with van der Waals surface area (Å²) in [6, 6.07) is 1.49. The van der Waals surface area contributed by atoms with Crippen molar-refractivity contribution in [2.24, 2.45) is 0 Å². The van der Waals surface area contributed by atoms with Crippen molar-refractivity contribution in [1.29, 1.82) is 0 Å². The lowest BCUT2D eigenvalue weighted by Gasteiger charge is -2.45. The molecule has 0 aromatic heterocycles. The lowest BCUT2D eigenvalue weighted by atomic mass is 9.93. The van der Waals surface area contributed by atoms with E-state index in [1.54, 1.807) is 0 Å². The smallest absolute Gasteiger partial charge is 0.192 e. The Morgan fingerprint density at radius 1 is 0.860 bits per heavy atom. The summed E-state index contributed by atoms with van der Waals surface area (Å²) in [5.41, 5.74) is 0.0375. The first-order valence-corrected chi connectivity index (χ1v) is 22.0. The molecule has 0 aromatic rings.